The number of nitriles is 1. The zero-order chi connectivity index (χ0) is 18.2. The average Bonchev–Trinajstić information content (AvgIpc) is 2.61. The molecule has 0 aliphatic rings. The summed E-state index contributed by atoms with van der Waals surface area (Å²) in [4.78, 5) is 11.9. The Morgan fingerprint density at radius 1 is 1.28 bits per heavy atom. The number of hydrogen-bond donors (Lipinski definition) is 3. The third-order valence-electron chi connectivity index (χ3n) is 3.76. The first-order valence-corrected chi connectivity index (χ1v) is 7.95. The van der Waals surface area contributed by atoms with Crippen LogP contribution in [-0.2, 0) is 6.54 Å². The number of urea groups is 1. The van der Waals surface area contributed by atoms with Gasteiger partial charge in [0.25, 0.3) is 0 Å². The van der Waals surface area contributed by atoms with Gasteiger partial charge in [-0.15, -0.1) is 0 Å². The number of carbonyl (C=O) groups excluding carboxylic acids is 1. The standard InChI is InChI=1S/C19H20FN3O2/c1-13(9-18(24)15-5-3-2-4-6-15)23-19(25)22-12-16-8-7-14(11-21)10-17(16)20/h2-8,10,13,18,24H,9,12H2,1H3,(H2,22,23,25). The fourth-order valence-electron chi connectivity index (χ4n) is 2.42. The van der Waals surface area contributed by atoms with Crippen molar-refractivity contribution in [3.05, 3.63) is 71.0 Å². The Labute approximate surface area is 146 Å². The van der Waals surface area contributed by atoms with Crippen molar-refractivity contribution in [3.8, 4) is 6.07 Å². The van der Waals surface area contributed by atoms with E-state index in [0.717, 1.165) is 11.6 Å². The lowest BCUT2D eigenvalue weighted by molar-refractivity contribution is 0.154. The second-order valence-electron chi connectivity index (χ2n) is 5.81. The van der Waals surface area contributed by atoms with E-state index in [9.17, 15) is 14.3 Å². The van der Waals surface area contributed by atoms with E-state index < -0.39 is 18.0 Å². The minimum Gasteiger partial charge on any atom is -0.388 e. The van der Waals surface area contributed by atoms with Crippen LogP contribution in [0.2, 0.25) is 0 Å². The van der Waals surface area contributed by atoms with Crippen LogP contribution in [0.5, 0.6) is 0 Å². The molecule has 0 spiro atoms. The molecule has 0 aliphatic heterocycles. The van der Waals surface area contributed by atoms with Crippen molar-refractivity contribution in [1.29, 1.82) is 5.26 Å². The van der Waals surface area contributed by atoms with E-state index in [1.165, 1.54) is 12.1 Å². The van der Waals surface area contributed by atoms with Gasteiger partial charge in [-0.1, -0.05) is 36.4 Å². The molecule has 2 unspecified atom stereocenters. The second-order valence-corrected chi connectivity index (χ2v) is 5.81. The lowest BCUT2D eigenvalue weighted by atomic mass is 10.0. The summed E-state index contributed by atoms with van der Waals surface area (Å²) in [5, 5.41) is 24.1. The van der Waals surface area contributed by atoms with Crippen molar-refractivity contribution in [1.82, 2.24) is 10.6 Å². The highest BCUT2D eigenvalue weighted by molar-refractivity contribution is 5.74. The number of rotatable bonds is 6. The van der Waals surface area contributed by atoms with Crippen LogP contribution in [0.1, 0.15) is 36.1 Å². The number of nitrogens with zero attached hydrogens (tertiary/aromatic N) is 1. The summed E-state index contributed by atoms with van der Waals surface area (Å²) in [5.74, 6) is -0.535. The van der Waals surface area contributed by atoms with Gasteiger partial charge in [-0.2, -0.15) is 5.26 Å². The summed E-state index contributed by atoms with van der Waals surface area (Å²) in [6.45, 7) is 1.80. The molecule has 130 valence electrons. The van der Waals surface area contributed by atoms with E-state index in [1.54, 1.807) is 6.92 Å². The molecule has 0 saturated heterocycles. The number of aliphatic hydroxyl groups is 1. The number of nitrogens with one attached hydrogen (secondary N) is 2. The summed E-state index contributed by atoms with van der Waals surface area (Å²) < 4.78 is 13.8. The predicted octanol–water partition coefficient (Wildman–Crippen LogP) is 3.01. The van der Waals surface area contributed by atoms with Gasteiger partial charge in [0, 0.05) is 18.2 Å². The Balaban J connectivity index is 1.81. The summed E-state index contributed by atoms with van der Waals surface area (Å²) >= 11 is 0. The van der Waals surface area contributed by atoms with Crippen molar-refractivity contribution in [2.45, 2.75) is 32.0 Å². The molecule has 0 aliphatic carbocycles. The molecule has 0 saturated carbocycles. The largest absolute Gasteiger partial charge is 0.388 e. The average molecular weight is 341 g/mol. The van der Waals surface area contributed by atoms with Crippen LogP contribution < -0.4 is 10.6 Å². The molecule has 2 rings (SSSR count). The molecule has 2 aromatic rings. The monoisotopic (exact) mass is 341 g/mol. The Kier molecular flexibility index (Phi) is 6.49. The van der Waals surface area contributed by atoms with Crippen molar-refractivity contribution >= 4 is 6.03 Å². The maximum atomic E-state index is 13.8. The first-order valence-electron chi connectivity index (χ1n) is 7.95. The molecule has 3 N–H and O–H groups in total. The first-order chi connectivity index (χ1) is 12.0. The molecule has 2 amide bonds. The van der Waals surface area contributed by atoms with Crippen LogP contribution in [-0.4, -0.2) is 17.2 Å². The van der Waals surface area contributed by atoms with E-state index in [1.807, 2.05) is 36.4 Å². The maximum Gasteiger partial charge on any atom is 0.315 e. The number of halogens is 1. The molecule has 0 heterocycles. The summed E-state index contributed by atoms with van der Waals surface area (Å²) in [7, 11) is 0. The number of amides is 2. The van der Waals surface area contributed by atoms with Crippen LogP contribution in [0.4, 0.5) is 9.18 Å². The van der Waals surface area contributed by atoms with Gasteiger partial charge in [-0.3, -0.25) is 0 Å². The van der Waals surface area contributed by atoms with E-state index in [0.29, 0.717) is 12.0 Å². The van der Waals surface area contributed by atoms with E-state index >= 15 is 0 Å². The van der Waals surface area contributed by atoms with Gasteiger partial charge in [-0.05, 0) is 31.0 Å². The zero-order valence-electron chi connectivity index (χ0n) is 13.9. The molecule has 25 heavy (non-hydrogen) atoms. The normalized spacial score (nSPS) is 12.7. The van der Waals surface area contributed by atoms with Gasteiger partial charge in [0.2, 0.25) is 0 Å². The lowest BCUT2D eigenvalue weighted by Gasteiger charge is -2.18. The van der Waals surface area contributed by atoms with Crippen LogP contribution in [0.15, 0.2) is 48.5 Å². The van der Waals surface area contributed by atoms with Gasteiger partial charge in [-0.25, -0.2) is 9.18 Å². The number of hydrogen-bond acceptors (Lipinski definition) is 3. The molecule has 0 fully saturated rings. The number of benzene rings is 2. The molecule has 2 atom stereocenters. The van der Waals surface area contributed by atoms with Gasteiger partial charge >= 0.3 is 6.03 Å². The minimum absolute atomic E-state index is 0.0112. The molecule has 6 heteroatoms. The first kappa shape index (κ1) is 18.4. The molecule has 0 radical (unpaired) electrons. The molecule has 0 aromatic heterocycles. The fraction of sp³-hybridized carbons (Fsp3) is 0.263. The van der Waals surface area contributed by atoms with Crippen LogP contribution in [0.25, 0.3) is 0 Å². The van der Waals surface area contributed by atoms with Gasteiger partial charge in [0.15, 0.2) is 0 Å². The van der Waals surface area contributed by atoms with E-state index in [-0.39, 0.29) is 18.2 Å². The Hall–Kier alpha value is -2.91. The maximum absolute atomic E-state index is 13.8. The van der Waals surface area contributed by atoms with Gasteiger partial charge in [0.1, 0.15) is 5.82 Å². The smallest absolute Gasteiger partial charge is 0.315 e. The Bertz CT molecular complexity index is 759. The summed E-state index contributed by atoms with van der Waals surface area (Å²) in [6, 6.07) is 14.4. The van der Waals surface area contributed by atoms with E-state index in [4.69, 9.17) is 5.26 Å². The van der Waals surface area contributed by atoms with E-state index in [2.05, 4.69) is 10.6 Å². The third kappa shape index (κ3) is 5.59. The molecule has 0 bridgehead atoms. The van der Waals surface area contributed by atoms with Crippen LogP contribution >= 0.6 is 0 Å². The predicted molar refractivity (Wildman–Crippen MR) is 92.0 cm³/mol. The highest BCUT2D eigenvalue weighted by Crippen LogP contribution is 2.17. The second kappa shape index (κ2) is 8.81. The summed E-state index contributed by atoms with van der Waals surface area (Å²) in [6.07, 6.45) is -0.310. The van der Waals surface area contributed by atoms with Crippen molar-refractivity contribution in [2.75, 3.05) is 0 Å². The quantitative estimate of drug-likeness (QED) is 0.755. The topological polar surface area (TPSA) is 85.2 Å². The Morgan fingerprint density at radius 3 is 2.64 bits per heavy atom. The Morgan fingerprint density at radius 2 is 2.00 bits per heavy atom. The van der Waals surface area contributed by atoms with Crippen molar-refractivity contribution < 1.29 is 14.3 Å². The van der Waals surface area contributed by atoms with Crippen molar-refractivity contribution in [2.24, 2.45) is 0 Å². The van der Waals surface area contributed by atoms with Gasteiger partial charge in [0.05, 0.1) is 17.7 Å². The van der Waals surface area contributed by atoms with Crippen LogP contribution in [0.3, 0.4) is 0 Å². The number of carbonyl (C=O) groups is 1. The zero-order valence-corrected chi connectivity index (χ0v) is 13.9. The highest BCUT2D eigenvalue weighted by Gasteiger charge is 2.14. The van der Waals surface area contributed by atoms with Gasteiger partial charge < -0.3 is 15.7 Å². The molecule has 2 aromatic carbocycles. The van der Waals surface area contributed by atoms with Crippen LogP contribution in [0, 0.1) is 17.1 Å². The SMILES string of the molecule is CC(CC(O)c1ccccc1)NC(=O)NCc1ccc(C#N)cc1F. The van der Waals surface area contributed by atoms with Crippen molar-refractivity contribution in [3.63, 3.8) is 0 Å². The molecular weight excluding hydrogens is 321 g/mol. The molecular formula is C19H20FN3O2. The fourth-order valence-corrected chi connectivity index (χ4v) is 2.42. The number of aliphatic hydroxyl groups excluding tert-OH is 1. The minimum atomic E-state index is -0.674. The summed E-state index contributed by atoms with van der Waals surface area (Å²) in [5.41, 5.74) is 1.32. The highest BCUT2D eigenvalue weighted by atomic mass is 19.1. The molecule has 5 nitrogen and oxygen atoms in total. The third-order valence-corrected chi connectivity index (χ3v) is 3.76. The lowest BCUT2D eigenvalue weighted by Crippen LogP contribution is -2.41.